The van der Waals surface area contributed by atoms with Gasteiger partial charge in [-0.05, 0) is 49.4 Å². The van der Waals surface area contributed by atoms with Crippen LogP contribution in [0.3, 0.4) is 0 Å². The largest absolute Gasteiger partial charge is 0.494 e. The quantitative estimate of drug-likeness (QED) is 0.508. The molecule has 35 heavy (non-hydrogen) atoms. The van der Waals surface area contributed by atoms with Crippen LogP contribution in [0.5, 0.6) is 5.75 Å². The van der Waals surface area contributed by atoms with Crippen molar-refractivity contribution in [2.24, 2.45) is 0 Å². The summed E-state index contributed by atoms with van der Waals surface area (Å²) in [5.41, 5.74) is 3.35. The summed E-state index contributed by atoms with van der Waals surface area (Å²) in [5.74, 6) is 0.652. The first-order valence-electron chi connectivity index (χ1n) is 11.7. The van der Waals surface area contributed by atoms with Gasteiger partial charge < -0.3 is 19.5 Å². The van der Waals surface area contributed by atoms with Gasteiger partial charge in [-0.1, -0.05) is 19.1 Å². The number of rotatable bonds is 8. The molecule has 8 nitrogen and oxygen atoms in total. The van der Waals surface area contributed by atoms with E-state index in [1.165, 1.54) is 11.3 Å². The highest BCUT2D eigenvalue weighted by Gasteiger charge is 2.28. The van der Waals surface area contributed by atoms with Gasteiger partial charge in [-0.25, -0.2) is 4.98 Å². The summed E-state index contributed by atoms with van der Waals surface area (Å²) in [6.07, 6.45) is 4.38. The number of aromatic nitrogens is 2. The monoisotopic (exact) mass is 491 g/mol. The number of hydrogen-bond acceptors (Lipinski definition) is 6. The molecule has 3 heterocycles. The molecule has 1 aliphatic rings. The molecule has 3 aromatic rings. The number of thiophene rings is 1. The number of nitriles is 1. The fourth-order valence-corrected chi connectivity index (χ4v) is 5.52. The Labute approximate surface area is 209 Å². The van der Waals surface area contributed by atoms with Gasteiger partial charge in [0.05, 0.1) is 30.7 Å². The Hall–Kier alpha value is -3.64. The number of imidazole rings is 1. The number of carbonyl (C=O) groups excluding carboxylic acids is 2. The summed E-state index contributed by atoms with van der Waals surface area (Å²) in [6, 6.07) is 10.0. The molecule has 0 aliphatic carbocycles. The topological polar surface area (TPSA) is 100 Å². The predicted octanol–water partition coefficient (Wildman–Crippen LogP) is 4.24. The Kier molecular flexibility index (Phi) is 7.51. The Morgan fingerprint density at radius 1 is 1.37 bits per heavy atom. The van der Waals surface area contributed by atoms with E-state index in [2.05, 4.69) is 16.4 Å². The van der Waals surface area contributed by atoms with Crippen molar-refractivity contribution in [3.05, 3.63) is 64.1 Å². The summed E-state index contributed by atoms with van der Waals surface area (Å²) >= 11 is 1.39. The van der Waals surface area contributed by atoms with Gasteiger partial charge in [0.15, 0.2) is 0 Å². The van der Waals surface area contributed by atoms with E-state index in [1.54, 1.807) is 15.8 Å². The first-order chi connectivity index (χ1) is 16.9. The molecule has 1 aromatic carbocycles. The second-order valence-electron chi connectivity index (χ2n) is 8.73. The van der Waals surface area contributed by atoms with E-state index < -0.39 is 0 Å². The second-order valence-corrected chi connectivity index (χ2v) is 9.84. The molecular formula is C26H29N5O3S. The third-order valence-corrected chi connectivity index (χ3v) is 7.22. The van der Waals surface area contributed by atoms with E-state index in [0.29, 0.717) is 36.7 Å². The maximum absolute atomic E-state index is 12.8. The zero-order valence-corrected chi connectivity index (χ0v) is 21.0. The number of nitrogens with one attached hydrogen (secondary N) is 1. The van der Waals surface area contributed by atoms with E-state index in [0.717, 1.165) is 27.4 Å². The number of ether oxygens (including phenoxy) is 1. The molecule has 2 aromatic heterocycles. The standard InChI is InChI=1S/C26H29N5O3S/c1-4-34-20-7-5-6-19(11-20)17(2)10-24(32)29-26-22(12-27)21-8-9-31(14-23(21)35-26)25(33)15-30-13-18(3)28-16-30/h5-7,11,13,16-17H,4,8-10,14-15H2,1-3H3,(H,29,32)/t17-/m0/s1. The van der Waals surface area contributed by atoms with E-state index in [-0.39, 0.29) is 30.7 Å². The average Bonchev–Trinajstić information content (AvgIpc) is 3.40. The van der Waals surface area contributed by atoms with Crippen LogP contribution >= 0.6 is 11.3 Å². The van der Waals surface area contributed by atoms with Gasteiger partial charge in [-0.15, -0.1) is 11.3 Å². The lowest BCUT2D eigenvalue weighted by Crippen LogP contribution is -2.37. The molecular weight excluding hydrogens is 462 g/mol. The van der Waals surface area contributed by atoms with Crippen molar-refractivity contribution in [2.45, 2.75) is 52.6 Å². The highest BCUT2D eigenvalue weighted by molar-refractivity contribution is 7.16. The van der Waals surface area contributed by atoms with Crippen LogP contribution in [0.15, 0.2) is 36.8 Å². The van der Waals surface area contributed by atoms with Crippen molar-refractivity contribution in [3.63, 3.8) is 0 Å². The fraction of sp³-hybridized carbons (Fsp3) is 0.385. The van der Waals surface area contributed by atoms with Crippen LogP contribution in [-0.4, -0.2) is 39.4 Å². The van der Waals surface area contributed by atoms with Crippen molar-refractivity contribution in [1.29, 1.82) is 5.26 Å². The fourth-order valence-electron chi connectivity index (χ4n) is 4.29. The molecule has 0 saturated heterocycles. The Balaban J connectivity index is 1.41. The van der Waals surface area contributed by atoms with Crippen LogP contribution in [0.4, 0.5) is 5.00 Å². The van der Waals surface area contributed by atoms with E-state index >= 15 is 0 Å². The van der Waals surface area contributed by atoms with Gasteiger partial charge in [0.25, 0.3) is 0 Å². The molecule has 0 saturated carbocycles. The van der Waals surface area contributed by atoms with Crippen LogP contribution in [0.2, 0.25) is 0 Å². The van der Waals surface area contributed by atoms with E-state index in [1.807, 2.05) is 51.2 Å². The highest BCUT2D eigenvalue weighted by atomic mass is 32.1. The normalized spacial score (nSPS) is 13.6. The maximum Gasteiger partial charge on any atom is 0.242 e. The summed E-state index contributed by atoms with van der Waals surface area (Å²) in [4.78, 5) is 32.6. The number of aryl methyl sites for hydroxylation is 1. The van der Waals surface area contributed by atoms with Crippen molar-refractivity contribution < 1.29 is 14.3 Å². The number of carbonyl (C=O) groups is 2. The van der Waals surface area contributed by atoms with Crippen LogP contribution in [0.25, 0.3) is 0 Å². The van der Waals surface area contributed by atoms with Gasteiger partial charge in [0.1, 0.15) is 23.4 Å². The van der Waals surface area contributed by atoms with Crippen molar-refractivity contribution in [2.75, 3.05) is 18.5 Å². The minimum absolute atomic E-state index is 0.00421. The number of fused-ring (bicyclic) bond motifs is 1. The van der Waals surface area contributed by atoms with Gasteiger partial charge in [0.2, 0.25) is 11.8 Å². The minimum atomic E-state index is -0.141. The maximum atomic E-state index is 12.8. The summed E-state index contributed by atoms with van der Waals surface area (Å²) in [5, 5.41) is 13.3. The third-order valence-electron chi connectivity index (χ3n) is 6.08. The van der Waals surface area contributed by atoms with Crippen molar-refractivity contribution >= 4 is 28.2 Å². The number of anilines is 1. The number of nitrogens with zero attached hydrogens (tertiary/aromatic N) is 4. The number of hydrogen-bond donors (Lipinski definition) is 1. The smallest absolute Gasteiger partial charge is 0.242 e. The van der Waals surface area contributed by atoms with Crippen molar-refractivity contribution in [3.8, 4) is 11.8 Å². The molecule has 1 N–H and O–H groups in total. The Bertz CT molecular complexity index is 1270. The van der Waals surface area contributed by atoms with Crippen molar-refractivity contribution in [1.82, 2.24) is 14.5 Å². The third kappa shape index (κ3) is 5.72. The predicted molar refractivity (Wildman–Crippen MR) is 134 cm³/mol. The molecule has 0 fully saturated rings. The highest BCUT2D eigenvalue weighted by Crippen LogP contribution is 2.37. The molecule has 1 aliphatic heterocycles. The zero-order chi connectivity index (χ0) is 24.9. The summed E-state index contributed by atoms with van der Waals surface area (Å²) < 4.78 is 7.34. The Morgan fingerprint density at radius 3 is 2.91 bits per heavy atom. The Morgan fingerprint density at radius 2 is 2.20 bits per heavy atom. The molecule has 4 rings (SSSR count). The summed E-state index contributed by atoms with van der Waals surface area (Å²) in [6.45, 7) is 7.64. The number of benzene rings is 1. The van der Waals surface area contributed by atoms with Crippen LogP contribution in [-0.2, 0) is 29.1 Å². The van der Waals surface area contributed by atoms with E-state index in [4.69, 9.17) is 4.74 Å². The lowest BCUT2D eigenvalue weighted by atomic mass is 9.97. The zero-order valence-electron chi connectivity index (χ0n) is 20.2. The molecule has 0 bridgehead atoms. The van der Waals surface area contributed by atoms with Crippen LogP contribution in [0.1, 0.15) is 53.4 Å². The SMILES string of the molecule is CCOc1cccc([C@@H](C)CC(=O)Nc2sc3c(c2C#N)CCN(C(=O)Cn2cnc(C)c2)C3)c1. The molecule has 9 heteroatoms. The van der Waals surface area contributed by atoms with E-state index in [9.17, 15) is 14.9 Å². The molecule has 0 radical (unpaired) electrons. The lowest BCUT2D eigenvalue weighted by molar-refractivity contribution is -0.132. The lowest BCUT2D eigenvalue weighted by Gasteiger charge is -2.27. The molecule has 0 unspecified atom stereocenters. The van der Waals surface area contributed by atoms with Crippen LogP contribution < -0.4 is 10.1 Å². The average molecular weight is 492 g/mol. The second kappa shape index (κ2) is 10.7. The van der Waals surface area contributed by atoms with Gasteiger partial charge in [0, 0.05) is 24.0 Å². The molecule has 182 valence electrons. The number of amides is 2. The first kappa shape index (κ1) is 24.5. The van der Waals surface area contributed by atoms with Gasteiger partial charge in [-0.3, -0.25) is 9.59 Å². The minimum Gasteiger partial charge on any atom is -0.494 e. The van der Waals surface area contributed by atoms with Gasteiger partial charge in [-0.2, -0.15) is 5.26 Å². The molecule has 1 atom stereocenters. The van der Waals surface area contributed by atoms with Crippen LogP contribution in [0, 0.1) is 18.3 Å². The molecule has 0 spiro atoms. The van der Waals surface area contributed by atoms with Gasteiger partial charge >= 0.3 is 0 Å². The first-order valence-corrected chi connectivity index (χ1v) is 12.5. The molecule has 2 amide bonds. The summed E-state index contributed by atoms with van der Waals surface area (Å²) in [7, 11) is 0.